The lowest BCUT2D eigenvalue weighted by Crippen LogP contribution is -2.45. The van der Waals surface area contributed by atoms with Crippen LogP contribution in [0.5, 0.6) is 0 Å². The second-order valence-electron chi connectivity index (χ2n) is 18.2. The van der Waals surface area contributed by atoms with Gasteiger partial charge in [0.1, 0.15) is 0 Å². The van der Waals surface area contributed by atoms with Gasteiger partial charge in [0, 0.05) is 12.8 Å². The van der Waals surface area contributed by atoms with E-state index in [1.165, 1.54) is 218 Å². The molecule has 0 aliphatic rings. The quantitative estimate of drug-likeness (QED) is 0.0420. The van der Waals surface area contributed by atoms with Gasteiger partial charge in [0.25, 0.3) is 0 Å². The molecule has 0 aromatic heterocycles. The molecule has 0 spiro atoms. The van der Waals surface area contributed by atoms with E-state index >= 15 is 0 Å². The number of rotatable bonds is 49. The molecule has 1 amide bonds. The third-order valence-electron chi connectivity index (χ3n) is 12.4. The zero-order chi connectivity index (χ0) is 42.3. The fourth-order valence-corrected chi connectivity index (χ4v) is 8.35. The van der Waals surface area contributed by atoms with Crippen molar-refractivity contribution in [2.24, 2.45) is 0 Å². The van der Waals surface area contributed by atoms with Gasteiger partial charge in [0.15, 0.2) is 0 Å². The van der Waals surface area contributed by atoms with Crippen LogP contribution in [0.2, 0.25) is 0 Å². The number of amides is 1. The summed E-state index contributed by atoms with van der Waals surface area (Å²) in [7, 11) is 0. The maximum Gasteiger partial charge on any atom is 0.305 e. The lowest BCUT2D eigenvalue weighted by Gasteiger charge is -2.22. The van der Waals surface area contributed by atoms with Gasteiger partial charge in [-0.3, -0.25) is 9.59 Å². The van der Waals surface area contributed by atoms with Crippen molar-refractivity contribution in [2.45, 2.75) is 309 Å². The van der Waals surface area contributed by atoms with Crippen molar-refractivity contribution in [1.82, 2.24) is 5.32 Å². The monoisotopic (exact) mass is 822 g/mol. The van der Waals surface area contributed by atoms with E-state index in [0.717, 1.165) is 44.9 Å². The number of unbranched alkanes of at least 4 members (excludes halogenated alkanes) is 38. The molecule has 0 saturated carbocycles. The number of carbonyl (C=O) groups is 2. The fourth-order valence-electron chi connectivity index (χ4n) is 8.35. The molecule has 0 fully saturated rings. The Morgan fingerprint density at radius 3 is 1.05 bits per heavy atom. The highest BCUT2D eigenvalue weighted by Gasteiger charge is 2.20. The van der Waals surface area contributed by atoms with Crippen LogP contribution in [-0.2, 0) is 14.3 Å². The number of hydrogen-bond donors (Lipinski definition) is 3. The molecule has 0 aliphatic heterocycles. The number of aliphatic hydroxyl groups is 2. The van der Waals surface area contributed by atoms with Crippen LogP contribution in [0.1, 0.15) is 296 Å². The highest BCUT2D eigenvalue weighted by atomic mass is 16.5. The molecule has 0 aromatic carbocycles. The molecule has 0 bridgehead atoms. The number of aliphatic hydroxyl groups excluding tert-OH is 2. The summed E-state index contributed by atoms with van der Waals surface area (Å²) in [5, 5.41) is 23.1. The van der Waals surface area contributed by atoms with Gasteiger partial charge >= 0.3 is 5.97 Å². The molecule has 58 heavy (non-hydrogen) atoms. The first-order chi connectivity index (χ1) is 28.5. The largest absolute Gasteiger partial charge is 0.466 e. The van der Waals surface area contributed by atoms with Gasteiger partial charge in [-0.2, -0.15) is 0 Å². The van der Waals surface area contributed by atoms with Crippen LogP contribution in [-0.4, -0.2) is 47.4 Å². The van der Waals surface area contributed by atoms with Gasteiger partial charge in [-0.1, -0.05) is 258 Å². The van der Waals surface area contributed by atoms with E-state index in [9.17, 15) is 19.8 Å². The molecule has 2 atom stereocenters. The van der Waals surface area contributed by atoms with Crippen LogP contribution >= 0.6 is 0 Å². The van der Waals surface area contributed by atoms with Gasteiger partial charge in [0.2, 0.25) is 5.91 Å². The Labute approximate surface area is 362 Å². The standard InChI is InChI=1S/C52H103NO5/c1-3-5-7-9-11-13-14-15-16-17-20-23-26-30-34-38-42-46-52(57)58-47-43-39-35-31-27-24-21-18-19-22-25-29-33-37-41-45-51(56)53-49(48-54)50(55)44-40-36-32-28-12-10-8-6-4-2/h49-50,54-55H,3-48H2,1-2H3,(H,53,56). The number of carbonyl (C=O) groups excluding carboxylic acids is 2. The summed E-state index contributed by atoms with van der Waals surface area (Å²) in [6, 6.07) is -0.544. The number of nitrogens with one attached hydrogen (secondary N) is 1. The zero-order valence-corrected chi connectivity index (χ0v) is 39.3. The van der Waals surface area contributed by atoms with E-state index in [4.69, 9.17) is 4.74 Å². The van der Waals surface area contributed by atoms with Crippen molar-refractivity contribution in [3.8, 4) is 0 Å². The Balaban J connectivity index is 3.37. The Bertz CT molecular complexity index is 822. The van der Waals surface area contributed by atoms with Crippen molar-refractivity contribution in [3.05, 3.63) is 0 Å². The molecule has 2 unspecified atom stereocenters. The third kappa shape index (κ3) is 44.4. The fraction of sp³-hybridized carbons (Fsp3) is 0.962. The minimum Gasteiger partial charge on any atom is -0.466 e. The first-order valence-corrected chi connectivity index (χ1v) is 26.3. The highest BCUT2D eigenvalue weighted by Crippen LogP contribution is 2.17. The summed E-state index contributed by atoms with van der Waals surface area (Å²) in [6.07, 6.45) is 53.7. The first kappa shape index (κ1) is 56.9. The van der Waals surface area contributed by atoms with E-state index in [-0.39, 0.29) is 18.5 Å². The summed E-state index contributed by atoms with van der Waals surface area (Å²) in [5.74, 6) is -0.0398. The van der Waals surface area contributed by atoms with Gasteiger partial charge in [-0.05, 0) is 25.7 Å². The molecule has 3 N–H and O–H groups in total. The molecule has 0 aromatic rings. The smallest absolute Gasteiger partial charge is 0.305 e. The van der Waals surface area contributed by atoms with Gasteiger partial charge < -0.3 is 20.3 Å². The predicted octanol–water partition coefficient (Wildman–Crippen LogP) is 15.6. The Kier molecular flexibility index (Phi) is 47.6. The maximum atomic E-state index is 12.4. The first-order valence-electron chi connectivity index (χ1n) is 26.3. The number of hydrogen-bond acceptors (Lipinski definition) is 5. The average Bonchev–Trinajstić information content (AvgIpc) is 3.22. The highest BCUT2D eigenvalue weighted by molar-refractivity contribution is 5.76. The van der Waals surface area contributed by atoms with Gasteiger partial charge in [-0.15, -0.1) is 0 Å². The van der Waals surface area contributed by atoms with Gasteiger partial charge in [0.05, 0.1) is 25.4 Å². The Hall–Kier alpha value is -1.14. The molecule has 346 valence electrons. The minimum atomic E-state index is -0.666. The molecule has 0 heterocycles. The summed E-state index contributed by atoms with van der Waals surface area (Å²) < 4.78 is 5.48. The van der Waals surface area contributed by atoms with Crippen LogP contribution in [0.25, 0.3) is 0 Å². The van der Waals surface area contributed by atoms with Crippen molar-refractivity contribution in [1.29, 1.82) is 0 Å². The molecule has 0 radical (unpaired) electrons. The molecule has 6 heteroatoms. The Morgan fingerprint density at radius 1 is 0.414 bits per heavy atom. The van der Waals surface area contributed by atoms with Crippen molar-refractivity contribution < 1.29 is 24.5 Å². The summed E-state index contributed by atoms with van der Waals surface area (Å²) in [6.45, 7) is 4.93. The van der Waals surface area contributed by atoms with E-state index in [2.05, 4.69) is 19.2 Å². The molecule has 0 saturated heterocycles. The third-order valence-corrected chi connectivity index (χ3v) is 12.4. The zero-order valence-electron chi connectivity index (χ0n) is 39.3. The molecular formula is C52H103NO5. The normalized spacial score (nSPS) is 12.6. The minimum absolute atomic E-state index is 0.00482. The van der Waals surface area contributed by atoms with E-state index < -0.39 is 12.1 Å². The van der Waals surface area contributed by atoms with Gasteiger partial charge in [-0.25, -0.2) is 0 Å². The summed E-state index contributed by atoms with van der Waals surface area (Å²) in [4.78, 5) is 24.4. The maximum absolute atomic E-state index is 12.4. The lowest BCUT2D eigenvalue weighted by atomic mass is 10.0. The van der Waals surface area contributed by atoms with Crippen molar-refractivity contribution in [2.75, 3.05) is 13.2 Å². The van der Waals surface area contributed by atoms with Crippen LogP contribution in [0.4, 0.5) is 0 Å². The van der Waals surface area contributed by atoms with Crippen LogP contribution in [0.3, 0.4) is 0 Å². The predicted molar refractivity (Wildman–Crippen MR) is 250 cm³/mol. The number of ether oxygens (including phenoxy) is 1. The van der Waals surface area contributed by atoms with E-state index in [0.29, 0.717) is 25.9 Å². The van der Waals surface area contributed by atoms with Crippen molar-refractivity contribution >= 4 is 11.9 Å². The summed E-state index contributed by atoms with van der Waals surface area (Å²) in [5.41, 5.74) is 0. The van der Waals surface area contributed by atoms with E-state index in [1.807, 2.05) is 0 Å². The number of esters is 1. The lowest BCUT2D eigenvalue weighted by molar-refractivity contribution is -0.143. The molecule has 0 rings (SSSR count). The second kappa shape index (κ2) is 48.5. The van der Waals surface area contributed by atoms with Crippen LogP contribution in [0.15, 0.2) is 0 Å². The Morgan fingerprint density at radius 2 is 0.707 bits per heavy atom. The van der Waals surface area contributed by atoms with Crippen LogP contribution < -0.4 is 5.32 Å². The van der Waals surface area contributed by atoms with Crippen molar-refractivity contribution in [3.63, 3.8) is 0 Å². The molecule has 6 nitrogen and oxygen atoms in total. The summed E-state index contributed by atoms with van der Waals surface area (Å²) >= 11 is 0. The van der Waals surface area contributed by atoms with Crippen LogP contribution in [0, 0.1) is 0 Å². The average molecular weight is 822 g/mol. The second-order valence-corrected chi connectivity index (χ2v) is 18.2. The molecule has 0 aliphatic carbocycles. The topological polar surface area (TPSA) is 95.9 Å². The SMILES string of the molecule is CCCCCCCCCCCCCCCCCCCC(=O)OCCCCCCCCCCCCCCCCCC(=O)NC(CO)C(O)CCCCCCCCCCC. The van der Waals surface area contributed by atoms with E-state index in [1.54, 1.807) is 0 Å². The molecular weight excluding hydrogens is 719 g/mol.